The van der Waals surface area contributed by atoms with E-state index in [4.69, 9.17) is 5.26 Å². The van der Waals surface area contributed by atoms with Crippen LogP contribution in [0.3, 0.4) is 0 Å². The maximum Gasteiger partial charge on any atom is 0.247 e. The molecular formula is C7H8N2O2S. The summed E-state index contributed by atoms with van der Waals surface area (Å²) >= 11 is 1.25. The highest BCUT2D eigenvalue weighted by atomic mass is 32.2. The molecule has 1 aliphatic heterocycles. The molecule has 2 amide bonds. The van der Waals surface area contributed by atoms with Crippen LogP contribution in [0.4, 0.5) is 0 Å². The van der Waals surface area contributed by atoms with Crippen LogP contribution in [0.15, 0.2) is 0 Å². The van der Waals surface area contributed by atoms with Crippen LogP contribution in [-0.4, -0.2) is 35.3 Å². The molecule has 0 aromatic carbocycles. The molecule has 1 aliphatic rings. The molecule has 0 unspecified atom stereocenters. The minimum absolute atomic E-state index is 0.265. The number of thioether (sulfide) groups is 1. The monoisotopic (exact) mass is 184 g/mol. The summed E-state index contributed by atoms with van der Waals surface area (Å²) in [5.41, 5.74) is 0. The van der Waals surface area contributed by atoms with Crippen LogP contribution in [-0.2, 0) is 9.59 Å². The number of carbonyl (C=O) groups is 2. The lowest BCUT2D eigenvalue weighted by atomic mass is 10.1. The first-order valence-electron chi connectivity index (χ1n) is 3.37. The Morgan fingerprint density at radius 3 is 2.42 bits per heavy atom. The van der Waals surface area contributed by atoms with Crippen molar-refractivity contribution in [3.8, 4) is 6.07 Å². The molecule has 5 heteroatoms. The van der Waals surface area contributed by atoms with Gasteiger partial charge in [-0.2, -0.15) is 17.0 Å². The lowest BCUT2D eigenvalue weighted by Crippen LogP contribution is -2.26. The SMILES string of the molecule is CS[C@@H]1C(=O)N(C)C(=O)[C@@H]1C#N. The van der Waals surface area contributed by atoms with Gasteiger partial charge in [-0.15, -0.1) is 0 Å². The fraction of sp³-hybridized carbons (Fsp3) is 0.571. The standard InChI is InChI=1S/C7H8N2O2S/c1-9-6(10)4(3-8)5(12-2)7(9)11/h4-5H,1-2H3/t4-,5+/m1/s1. The van der Waals surface area contributed by atoms with E-state index in [9.17, 15) is 9.59 Å². The van der Waals surface area contributed by atoms with Gasteiger partial charge in [0.25, 0.3) is 0 Å². The van der Waals surface area contributed by atoms with Crippen molar-refractivity contribution in [3.05, 3.63) is 0 Å². The van der Waals surface area contributed by atoms with Gasteiger partial charge in [0.05, 0.1) is 6.07 Å². The Morgan fingerprint density at radius 2 is 2.08 bits per heavy atom. The molecule has 1 saturated heterocycles. The maximum absolute atomic E-state index is 11.2. The van der Waals surface area contributed by atoms with Gasteiger partial charge in [0, 0.05) is 7.05 Å². The van der Waals surface area contributed by atoms with E-state index >= 15 is 0 Å². The van der Waals surface area contributed by atoms with Crippen LogP contribution in [0, 0.1) is 17.2 Å². The van der Waals surface area contributed by atoms with E-state index in [1.165, 1.54) is 18.8 Å². The number of hydrogen-bond donors (Lipinski definition) is 0. The van der Waals surface area contributed by atoms with Gasteiger partial charge in [-0.25, -0.2) is 0 Å². The summed E-state index contributed by atoms with van der Waals surface area (Å²) in [5, 5.41) is 8.10. The minimum atomic E-state index is -0.794. The van der Waals surface area contributed by atoms with Gasteiger partial charge in [0.1, 0.15) is 11.2 Å². The molecular weight excluding hydrogens is 176 g/mol. The zero-order valence-corrected chi connectivity index (χ0v) is 7.59. The number of hydrogen-bond acceptors (Lipinski definition) is 4. The van der Waals surface area contributed by atoms with Gasteiger partial charge in [-0.3, -0.25) is 14.5 Å². The van der Waals surface area contributed by atoms with Crippen LogP contribution in [0.2, 0.25) is 0 Å². The fourth-order valence-corrected chi connectivity index (χ4v) is 1.95. The number of nitriles is 1. The smallest absolute Gasteiger partial charge is 0.247 e. The summed E-state index contributed by atoms with van der Waals surface area (Å²) in [6.07, 6.45) is 1.72. The van der Waals surface area contributed by atoms with Crippen LogP contribution in [0.5, 0.6) is 0 Å². The normalized spacial score (nSPS) is 29.2. The maximum atomic E-state index is 11.2. The van der Waals surface area contributed by atoms with E-state index in [2.05, 4.69) is 0 Å². The van der Waals surface area contributed by atoms with E-state index in [0.717, 1.165) is 4.90 Å². The Labute approximate surface area is 74.5 Å². The quantitative estimate of drug-likeness (QED) is 0.532. The number of imide groups is 1. The Balaban J connectivity index is 2.97. The van der Waals surface area contributed by atoms with E-state index in [1.54, 1.807) is 6.26 Å². The van der Waals surface area contributed by atoms with E-state index in [0.29, 0.717) is 0 Å². The number of amides is 2. The first-order chi connectivity index (χ1) is 5.63. The fourth-order valence-electron chi connectivity index (χ4n) is 1.14. The number of nitrogens with zero attached hydrogens (tertiary/aromatic N) is 2. The van der Waals surface area contributed by atoms with Crippen molar-refractivity contribution < 1.29 is 9.59 Å². The summed E-state index contributed by atoms with van der Waals surface area (Å²) < 4.78 is 0. The zero-order valence-electron chi connectivity index (χ0n) is 6.77. The van der Waals surface area contributed by atoms with Gasteiger partial charge in [0.2, 0.25) is 11.8 Å². The van der Waals surface area contributed by atoms with Crippen LogP contribution in [0.25, 0.3) is 0 Å². The van der Waals surface area contributed by atoms with Crippen LogP contribution < -0.4 is 0 Å². The van der Waals surface area contributed by atoms with Crippen LogP contribution >= 0.6 is 11.8 Å². The highest BCUT2D eigenvalue weighted by Gasteiger charge is 2.45. The molecule has 0 aromatic rings. The summed E-state index contributed by atoms with van der Waals surface area (Å²) in [7, 11) is 1.41. The minimum Gasteiger partial charge on any atom is -0.284 e. The lowest BCUT2D eigenvalue weighted by molar-refractivity contribution is -0.137. The van der Waals surface area contributed by atoms with E-state index < -0.39 is 11.2 Å². The van der Waals surface area contributed by atoms with E-state index in [-0.39, 0.29) is 11.8 Å². The zero-order chi connectivity index (χ0) is 9.30. The van der Waals surface area contributed by atoms with Crippen molar-refractivity contribution in [2.75, 3.05) is 13.3 Å². The van der Waals surface area contributed by atoms with Crippen molar-refractivity contribution in [1.29, 1.82) is 5.26 Å². The first kappa shape index (κ1) is 9.07. The molecule has 0 saturated carbocycles. The van der Waals surface area contributed by atoms with Gasteiger partial charge >= 0.3 is 0 Å². The van der Waals surface area contributed by atoms with Crippen molar-refractivity contribution in [1.82, 2.24) is 4.90 Å². The molecule has 1 rings (SSSR count). The average molecular weight is 184 g/mol. The molecule has 0 aromatic heterocycles. The third-order valence-electron chi connectivity index (χ3n) is 1.87. The predicted molar refractivity (Wildman–Crippen MR) is 44.2 cm³/mol. The molecule has 1 fully saturated rings. The van der Waals surface area contributed by atoms with Gasteiger partial charge < -0.3 is 0 Å². The van der Waals surface area contributed by atoms with Crippen LogP contribution in [0.1, 0.15) is 0 Å². The van der Waals surface area contributed by atoms with Crippen molar-refractivity contribution in [2.24, 2.45) is 5.92 Å². The molecule has 0 aliphatic carbocycles. The molecule has 2 atom stereocenters. The number of carbonyl (C=O) groups excluding carboxylic acids is 2. The third-order valence-corrected chi connectivity index (χ3v) is 2.85. The first-order valence-corrected chi connectivity index (χ1v) is 4.66. The second-order valence-corrected chi connectivity index (χ2v) is 3.48. The molecule has 0 spiro atoms. The van der Waals surface area contributed by atoms with Gasteiger partial charge in [-0.05, 0) is 6.26 Å². The highest BCUT2D eigenvalue weighted by molar-refractivity contribution is 8.00. The predicted octanol–water partition coefficient (Wildman–Crippen LogP) is -0.144. The Morgan fingerprint density at radius 1 is 1.50 bits per heavy atom. The largest absolute Gasteiger partial charge is 0.284 e. The van der Waals surface area contributed by atoms with Gasteiger partial charge in [-0.1, -0.05) is 0 Å². The average Bonchev–Trinajstić information content (AvgIpc) is 2.29. The van der Waals surface area contributed by atoms with Crippen molar-refractivity contribution in [3.63, 3.8) is 0 Å². The molecule has 12 heavy (non-hydrogen) atoms. The molecule has 1 heterocycles. The molecule has 64 valence electrons. The van der Waals surface area contributed by atoms with Gasteiger partial charge in [0.15, 0.2) is 0 Å². The summed E-state index contributed by atoms with van der Waals surface area (Å²) in [4.78, 5) is 23.5. The molecule has 0 N–H and O–H groups in total. The Hall–Kier alpha value is -1.02. The van der Waals surface area contributed by atoms with Crippen molar-refractivity contribution in [2.45, 2.75) is 5.25 Å². The summed E-state index contributed by atoms with van der Waals surface area (Å²) in [5.74, 6) is -1.45. The van der Waals surface area contributed by atoms with E-state index in [1.807, 2.05) is 6.07 Å². The van der Waals surface area contributed by atoms with Crippen molar-refractivity contribution >= 4 is 23.6 Å². The summed E-state index contributed by atoms with van der Waals surface area (Å²) in [6, 6.07) is 1.84. The molecule has 0 radical (unpaired) electrons. The Kier molecular flexibility index (Phi) is 2.38. The lowest BCUT2D eigenvalue weighted by Gasteiger charge is -2.04. The second kappa shape index (κ2) is 3.15. The number of likely N-dealkylation sites (tertiary alicyclic amines) is 1. The Bertz CT molecular complexity index is 271. The topological polar surface area (TPSA) is 61.2 Å². The highest BCUT2D eigenvalue weighted by Crippen LogP contribution is 2.27. The second-order valence-electron chi connectivity index (χ2n) is 2.50. The third kappa shape index (κ3) is 1.08. The summed E-state index contributed by atoms with van der Waals surface area (Å²) in [6.45, 7) is 0. The number of rotatable bonds is 1. The molecule has 4 nitrogen and oxygen atoms in total. The molecule has 0 bridgehead atoms.